The van der Waals surface area contributed by atoms with Gasteiger partial charge in [0.1, 0.15) is 4.60 Å². The Hall–Kier alpha value is -1.35. The zero-order valence-corrected chi connectivity index (χ0v) is 12.5. The van der Waals surface area contributed by atoms with E-state index in [0.717, 1.165) is 16.8 Å². The van der Waals surface area contributed by atoms with Crippen LogP contribution >= 0.6 is 15.9 Å². The summed E-state index contributed by atoms with van der Waals surface area (Å²) in [5, 5.41) is 3.41. The lowest BCUT2D eigenvalue weighted by atomic mass is 10.0. The van der Waals surface area contributed by atoms with E-state index in [-0.39, 0.29) is 0 Å². The molecule has 0 radical (unpaired) electrons. The summed E-state index contributed by atoms with van der Waals surface area (Å²) in [4.78, 5) is 4.20. The Morgan fingerprint density at radius 2 is 1.83 bits per heavy atom. The summed E-state index contributed by atoms with van der Waals surface area (Å²) >= 11 is 3.44. The number of halogens is 1. The van der Waals surface area contributed by atoms with Crippen molar-refractivity contribution in [3.63, 3.8) is 0 Å². The van der Waals surface area contributed by atoms with Crippen molar-refractivity contribution >= 4 is 21.6 Å². The third-order valence-corrected chi connectivity index (χ3v) is 3.81. The molecule has 0 amide bonds. The SMILES string of the molecule is Cc1cc(C)c(CNc2cccnc2Br)cc1C. The number of pyridine rings is 1. The minimum absolute atomic E-state index is 0.817. The number of rotatable bonds is 3. The van der Waals surface area contributed by atoms with Gasteiger partial charge in [0.15, 0.2) is 0 Å². The molecule has 0 aliphatic carbocycles. The van der Waals surface area contributed by atoms with E-state index in [1.165, 1.54) is 22.3 Å². The molecular formula is C15H17BrN2. The summed E-state index contributed by atoms with van der Waals surface area (Å²) in [6.45, 7) is 7.27. The Morgan fingerprint density at radius 1 is 1.11 bits per heavy atom. The highest BCUT2D eigenvalue weighted by atomic mass is 79.9. The zero-order chi connectivity index (χ0) is 13.1. The summed E-state index contributed by atoms with van der Waals surface area (Å²) in [5.74, 6) is 0. The molecule has 2 rings (SSSR count). The van der Waals surface area contributed by atoms with Gasteiger partial charge in [0.2, 0.25) is 0 Å². The summed E-state index contributed by atoms with van der Waals surface area (Å²) < 4.78 is 0.853. The maximum absolute atomic E-state index is 4.20. The van der Waals surface area contributed by atoms with Crippen LogP contribution in [0.25, 0.3) is 0 Å². The third kappa shape index (κ3) is 2.91. The number of hydrogen-bond donors (Lipinski definition) is 1. The van der Waals surface area contributed by atoms with Gasteiger partial charge in [-0.05, 0) is 71.1 Å². The normalized spacial score (nSPS) is 10.4. The van der Waals surface area contributed by atoms with E-state index in [4.69, 9.17) is 0 Å². The van der Waals surface area contributed by atoms with Gasteiger partial charge in [-0.15, -0.1) is 0 Å². The van der Waals surface area contributed by atoms with Crippen LogP contribution < -0.4 is 5.32 Å². The standard InChI is InChI=1S/C15H17BrN2/c1-10-7-12(3)13(8-11(10)2)9-18-14-5-4-6-17-15(14)16/h4-8,18H,9H2,1-3H3. The van der Waals surface area contributed by atoms with Crippen molar-refractivity contribution in [3.8, 4) is 0 Å². The van der Waals surface area contributed by atoms with Gasteiger partial charge in [0, 0.05) is 12.7 Å². The molecule has 94 valence electrons. The number of anilines is 1. The second-order valence-electron chi connectivity index (χ2n) is 4.56. The first-order valence-electron chi connectivity index (χ1n) is 5.99. The highest BCUT2D eigenvalue weighted by molar-refractivity contribution is 9.10. The van der Waals surface area contributed by atoms with Crippen LogP contribution in [0.2, 0.25) is 0 Å². The van der Waals surface area contributed by atoms with Crippen molar-refractivity contribution in [2.75, 3.05) is 5.32 Å². The van der Waals surface area contributed by atoms with Gasteiger partial charge in [-0.3, -0.25) is 0 Å². The molecule has 0 unspecified atom stereocenters. The average molecular weight is 305 g/mol. The minimum Gasteiger partial charge on any atom is -0.379 e. The van der Waals surface area contributed by atoms with Crippen molar-refractivity contribution in [2.24, 2.45) is 0 Å². The summed E-state index contributed by atoms with van der Waals surface area (Å²) in [7, 11) is 0. The van der Waals surface area contributed by atoms with Crippen LogP contribution in [0.4, 0.5) is 5.69 Å². The molecule has 0 saturated heterocycles. The molecule has 2 nitrogen and oxygen atoms in total. The Kier molecular flexibility index (Phi) is 4.02. The maximum Gasteiger partial charge on any atom is 0.129 e. The molecular weight excluding hydrogens is 288 g/mol. The van der Waals surface area contributed by atoms with Crippen LogP contribution in [0.1, 0.15) is 22.3 Å². The van der Waals surface area contributed by atoms with E-state index in [0.29, 0.717) is 0 Å². The largest absolute Gasteiger partial charge is 0.379 e. The second kappa shape index (κ2) is 5.53. The molecule has 3 heteroatoms. The first kappa shape index (κ1) is 13.1. The first-order valence-corrected chi connectivity index (χ1v) is 6.78. The first-order chi connectivity index (χ1) is 8.58. The molecule has 1 aromatic heterocycles. The molecule has 1 heterocycles. The van der Waals surface area contributed by atoms with Gasteiger partial charge in [0.05, 0.1) is 5.69 Å². The lowest BCUT2D eigenvalue weighted by Gasteiger charge is -2.12. The average Bonchev–Trinajstić information content (AvgIpc) is 2.34. The van der Waals surface area contributed by atoms with Crippen molar-refractivity contribution in [1.82, 2.24) is 4.98 Å². The molecule has 18 heavy (non-hydrogen) atoms. The van der Waals surface area contributed by atoms with Gasteiger partial charge in [-0.2, -0.15) is 0 Å². The smallest absolute Gasteiger partial charge is 0.129 e. The van der Waals surface area contributed by atoms with E-state index < -0.39 is 0 Å². The van der Waals surface area contributed by atoms with Crippen LogP contribution in [-0.4, -0.2) is 4.98 Å². The second-order valence-corrected chi connectivity index (χ2v) is 5.31. The summed E-state index contributed by atoms with van der Waals surface area (Å²) in [5.41, 5.74) is 6.36. The van der Waals surface area contributed by atoms with Crippen molar-refractivity contribution in [3.05, 3.63) is 57.3 Å². The molecule has 0 atom stereocenters. The Morgan fingerprint density at radius 3 is 2.56 bits per heavy atom. The van der Waals surface area contributed by atoms with E-state index in [1.54, 1.807) is 6.20 Å². The van der Waals surface area contributed by atoms with Crippen molar-refractivity contribution in [2.45, 2.75) is 27.3 Å². The van der Waals surface area contributed by atoms with Crippen LogP contribution in [-0.2, 0) is 6.54 Å². The fourth-order valence-corrected chi connectivity index (χ4v) is 2.31. The lowest BCUT2D eigenvalue weighted by molar-refractivity contribution is 1.09. The molecule has 0 spiro atoms. The topological polar surface area (TPSA) is 24.9 Å². The zero-order valence-electron chi connectivity index (χ0n) is 10.9. The predicted molar refractivity (Wildman–Crippen MR) is 79.9 cm³/mol. The molecule has 2 aromatic rings. The van der Waals surface area contributed by atoms with E-state index in [9.17, 15) is 0 Å². The molecule has 0 bridgehead atoms. The van der Waals surface area contributed by atoms with Crippen LogP contribution in [0, 0.1) is 20.8 Å². The number of nitrogens with zero attached hydrogens (tertiary/aromatic N) is 1. The predicted octanol–water partition coefficient (Wildman–Crippen LogP) is 4.38. The number of aromatic nitrogens is 1. The minimum atomic E-state index is 0.817. The number of benzene rings is 1. The highest BCUT2D eigenvalue weighted by Gasteiger charge is 2.03. The van der Waals surface area contributed by atoms with E-state index >= 15 is 0 Å². The fourth-order valence-electron chi connectivity index (χ4n) is 1.92. The van der Waals surface area contributed by atoms with Gasteiger partial charge in [0.25, 0.3) is 0 Å². The summed E-state index contributed by atoms with van der Waals surface area (Å²) in [6.07, 6.45) is 1.77. The van der Waals surface area contributed by atoms with E-state index in [2.05, 4.69) is 59.1 Å². The molecule has 0 saturated carbocycles. The maximum atomic E-state index is 4.20. The van der Waals surface area contributed by atoms with Crippen LogP contribution in [0.15, 0.2) is 35.1 Å². The molecule has 1 N–H and O–H groups in total. The Balaban J connectivity index is 2.16. The Bertz CT molecular complexity index is 564. The van der Waals surface area contributed by atoms with Crippen molar-refractivity contribution in [1.29, 1.82) is 0 Å². The van der Waals surface area contributed by atoms with Gasteiger partial charge in [-0.1, -0.05) is 12.1 Å². The Labute approximate surface area is 117 Å². The molecule has 1 aromatic carbocycles. The van der Waals surface area contributed by atoms with Gasteiger partial charge in [-0.25, -0.2) is 4.98 Å². The monoisotopic (exact) mass is 304 g/mol. The quantitative estimate of drug-likeness (QED) is 0.851. The lowest BCUT2D eigenvalue weighted by Crippen LogP contribution is -2.03. The summed E-state index contributed by atoms with van der Waals surface area (Å²) in [6, 6.07) is 8.44. The number of aryl methyl sites for hydroxylation is 3. The fraction of sp³-hybridized carbons (Fsp3) is 0.267. The highest BCUT2D eigenvalue weighted by Crippen LogP contribution is 2.21. The van der Waals surface area contributed by atoms with E-state index in [1.807, 2.05) is 12.1 Å². The molecule has 0 aliphatic heterocycles. The van der Waals surface area contributed by atoms with Crippen LogP contribution in [0.5, 0.6) is 0 Å². The number of nitrogens with one attached hydrogen (secondary N) is 1. The van der Waals surface area contributed by atoms with Crippen molar-refractivity contribution < 1.29 is 0 Å². The molecule has 0 fully saturated rings. The third-order valence-electron chi connectivity index (χ3n) is 3.18. The number of hydrogen-bond acceptors (Lipinski definition) is 2. The molecule has 0 aliphatic rings. The van der Waals surface area contributed by atoms with Gasteiger partial charge >= 0.3 is 0 Å². The van der Waals surface area contributed by atoms with Crippen LogP contribution in [0.3, 0.4) is 0 Å². The van der Waals surface area contributed by atoms with Gasteiger partial charge < -0.3 is 5.32 Å².